The van der Waals surface area contributed by atoms with Crippen LogP contribution in [0.5, 0.6) is 0 Å². The van der Waals surface area contributed by atoms with Crippen molar-refractivity contribution in [3.05, 3.63) is 11.6 Å². The molecule has 8 nitrogen and oxygen atoms in total. The van der Waals surface area contributed by atoms with E-state index in [1.165, 1.54) is 24.8 Å². The van der Waals surface area contributed by atoms with Gasteiger partial charge in [-0.15, -0.1) is 0 Å². The standard InChI is InChI=1S/C27H48N6O2/c1-19(2)23-15-21(20(3)14-22(23)17-31-27(35)24-18-28-8-9-29-24)16-26(34)33-12-10-32(11-13-33)25-6-4-5-7-30-25/h14,19,21-25,28-30H,4-13,15-18H2,1-3H3,(H,31,35)/t21-,22-,23-,24?,25?/m0/s1. The van der Waals surface area contributed by atoms with Crippen LogP contribution in [0.3, 0.4) is 0 Å². The molecule has 0 aromatic heterocycles. The Balaban J connectivity index is 1.28. The summed E-state index contributed by atoms with van der Waals surface area (Å²) in [5, 5.41) is 13.4. The van der Waals surface area contributed by atoms with Gasteiger partial charge in [-0.05, 0) is 62.8 Å². The molecule has 0 spiro atoms. The van der Waals surface area contributed by atoms with Crippen LogP contribution in [-0.2, 0) is 9.59 Å². The van der Waals surface area contributed by atoms with Crippen LogP contribution in [0.1, 0.15) is 52.9 Å². The average Bonchev–Trinajstić information content (AvgIpc) is 2.89. The van der Waals surface area contributed by atoms with Gasteiger partial charge in [0.15, 0.2) is 0 Å². The first-order valence-corrected chi connectivity index (χ1v) is 14.1. The third-order valence-electron chi connectivity index (χ3n) is 8.77. The van der Waals surface area contributed by atoms with E-state index in [4.69, 9.17) is 0 Å². The molecular weight excluding hydrogens is 440 g/mol. The number of amides is 2. The predicted molar refractivity (Wildman–Crippen MR) is 140 cm³/mol. The van der Waals surface area contributed by atoms with Crippen LogP contribution in [-0.4, -0.2) is 92.7 Å². The molecule has 35 heavy (non-hydrogen) atoms. The van der Waals surface area contributed by atoms with E-state index < -0.39 is 0 Å². The minimum atomic E-state index is -0.144. The maximum atomic E-state index is 13.2. The molecule has 0 aromatic carbocycles. The van der Waals surface area contributed by atoms with Gasteiger partial charge in [-0.2, -0.15) is 0 Å². The molecule has 4 N–H and O–H groups in total. The van der Waals surface area contributed by atoms with E-state index in [1.54, 1.807) is 0 Å². The lowest BCUT2D eigenvalue weighted by atomic mass is 9.69. The molecule has 0 aromatic rings. The molecule has 3 aliphatic heterocycles. The normalized spacial score (nSPS) is 32.9. The highest BCUT2D eigenvalue weighted by Crippen LogP contribution is 2.39. The first-order valence-electron chi connectivity index (χ1n) is 14.1. The molecular formula is C27H48N6O2. The molecule has 5 atom stereocenters. The number of rotatable bonds is 7. The third-order valence-corrected chi connectivity index (χ3v) is 8.77. The minimum absolute atomic E-state index is 0.0885. The number of nitrogens with one attached hydrogen (secondary N) is 4. The average molecular weight is 489 g/mol. The topological polar surface area (TPSA) is 88.7 Å². The van der Waals surface area contributed by atoms with Crippen molar-refractivity contribution in [1.82, 2.24) is 31.1 Å². The van der Waals surface area contributed by atoms with Crippen molar-refractivity contribution in [2.75, 3.05) is 58.9 Å². The molecule has 3 fully saturated rings. The Bertz CT molecular complexity index is 736. The zero-order chi connectivity index (χ0) is 24.8. The molecule has 1 aliphatic carbocycles. The molecule has 3 heterocycles. The van der Waals surface area contributed by atoms with E-state index in [9.17, 15) is 9.59 Å². The summed E-state index contributed by atoms with van der Waals surface area (Å²) in [6.45, 7) is 14.6. The Morgan fingerprint density at radius 2 is 1.89 bits per heavy atom. The number of hydrogen-bond acceptors (Lipinski definition) is 6. The van der Waals surface area contributed by atoms with E-state index in [0.717, 1.165) is 52.2 Å². The Morgan fingerprint density at radius 1 is 1.09 bits per heavy atom. The number of allylic oxidation sites excluding steroid dienone is 1. The van der Waals surface area contributed by atoms with Gasteiger partial charge in [0.2, 0.25) is 11.8 Å². The lowest BCUT2D eigenvalue weighted by Gasteiger charge is -2.42. The van der Waals surface area contributed by atoms with Crippen LogP contribution in [0.25, 0.3) is 0 Å². The molecule has 198 valence electrons. The third kappa shape index (κ3) is 7.06. The number of nitrogens with zero attached hydrogens (tertiary/aromatic N) is 2. The monoisotopic (exact) mass is 488 g/mol. The fourth-order valence-electron chi connectivity index (χ4n) is 6.46. The molecule has 2 amide bonds. The van der Waals surface area contributed by atoms with Gasteiger partial charge in [0.25, 0.3) is 0 Å². The summed E-state index contributed by atoms with van der Waals surface area (Å²) in [6, 6.07) is -0.144. The highest BCUT2D eigenvalue weighted by atomic mass is 16.2. The SMILES string of the molecule is CC1=C[C@@H](CNC(=O)C2CNCCN2)[C@H](C(C)C)C[C@H]1CC(=O)N1CCN(C2CCCCN2)CC1. The van der Waals surface area contributed by atoms with Crippen LogP contribution in [0.4, 0.5) is 0 Å². The van der Waals surface area contributed by atoms with Crippen molar-refractivity contribution < 1.29 is 9.59 Å². The van der Waals surface area contributed by atoms with E-state index in [-0.39, 0.29) is 11.9 Å². The van der Waals surface area contributed by atoms with E-state index in [1.807, 2.05) is 0 Å². The molecule has 3 saturated heterocycles. The highest BCUT2D eigenvalue weighted by Gasteiger charge is 2.35. The first-order chi connectivity index (χ1) is 16.9. The van der Waals surface area contributed by atoms with E-state index >= 15 is 0 Å². The van der Waals surface area contributed by atoms with Gasteiger partial charge < -0.3 is 26.2 Å². The molecule has 0 saturated carbocycles. The van der Waals surface area contributed by atoms with Crippen LogP contribution in [0.2, 0.25) is 0 Å². The number of carbonyl (C=O) groups excluding carboxylic acids is 2. The van der Waals surface area contributed by atoms with Crippen molar-refractivity contribution in [2.45, 2.75) is 65.1 Å². The molecule has 0 bridgehead atoms. The number of piperidine rings is 1. The zero-order valence-corrected chi connectivity index (χ0v) is 22.2. The Morgan fingerprint density at radius 3 is 2.54 bits per heavy atom. The maximum Gasteiger partial charge on any atom is 0.238 e. The summed E-state index contributed by atoms with van der Waals surface area (Å²) in [5.41, 5.74) is 1.32. The predicted octanol–water partition coefficient (Wildman–Crippen LogP) is 1.15. The second kappa shape index (κ2) is 12.7. The van der Waals surface area contributed by atoms with Crippen molar-refractivity contribution in [3.63, 3.8) is 0 Å². The summed E-state index contributed by atoms with van der Waals surface area (Å²) in [5.74, 6) is 2.02. The quantitative estimate of drug-likeness (QED) is 0.402. The van der Waals surface area contributed by atoms with Gasteiger partial charge in [0.1, 0.15) is 0 Å². The Kier molecular flexibility index (Phi) is 9.61. The highest BCUT2D eigenvalue weighted by molar-refractivity contribution is 5.82. The largest absolute Gasteiger partial charge is 0.354 e. The smallest absolute Gasteiger partial charge is 0.238 e. The summed E-state index contributed by atoms with van der Waals surface area (Å²) >= 11 is 0. The lowest BCUT2D eigenvalue weighted by molar-refractivity contribution is -0.134. The zero-order valence-electron chi connectivity index (χ0n) is 22.2. The second-order valence-electron chi connectivity index (χ2n) is 11.5. The van der Waals surface area contributed by atoms with Crippen molar-refractivity contribution in [2.24, 2.45) is 23.7 Å². The fourth-order valence-corrected chi connectivity index (χ4v) is 6.46. The fraction of sp³-hybridized carbons (Fsp3) is 0.852. The minimum Gasteiger partial charge on any atom is -0.354 e. The maximum absolute atomic E-state index is 13.2. The molecule has 4 aliphatic rings. The van der Waals surface area contributed by atoms with Gasteiger partial charge in [-0.1, -0.05) is 25.5 Å². The van der Waals surface area contributed by atoms with Crippen molar-refractivity contribution >= 4 is 11.8 Å². The number of hydrogen-bond donors (Lipinski definition) is 4. The number of carbonyl (C=O) groups is 2. The number of piperazine rings is 2. The molecule has 4 rings (SSSR count). The Labute approximate surface area is 212 Å². The van der Waals surface area contributed by atoms with Crippen LogP contribution in [0, 0.1) is 23.7 Å². The van der Waals surface area contributed by atoms with Crippen molar-refractivity contribution in [1.29, 1.82) is 0 Å². The van der Waals surface area contributed by atoms with Gasteiger partial charge in [-0.3, -0.25) is 14.5 Å². The second-order valence-corrected chi connectivity index (χ2v) is 11.5. The molecule has 8 heteroatoms. The summed E-state index contributed by atoms with van der Waals surface area (Å²) in [4.78, 5) is 30.5. The van der Waals surface area contributed by atoms with Crippen LogP contribution < -0.4 is 21.3 Å². The molecule has 2 unspecified atom stereocenters. The van der Waals surface area contributed by atoms with Gasteiger partial charge in [-0.25, -0.2) is 0 Å². The van der Waals surface area contributed by atoms with E-state index in [0.29, 0.717) is 55.3 Å². The summed E-state index contributed by atoms with van der Waals surface area (Å²) in [7, 11) is 0. The van der Waals surface area contributed by atoms with Crippen molar-refractivity contribution in [3.8, 4) is 0 Å². The van der Waals surface area contributed by atoms with E-state index in [2.05, 4.69) is 57.9 Å². The lowest BCUT2D eigenvalue weighted by Crippen LogP contribution is -2.57. The first kappa shape index (κ1) is 26.6. The van der Waals surface area contributed by atoms with Crippen LogP contribution in [0.15, 0.2) is 11.6 Å². The van der Waals surface area contributed by atoms with Gasteiger partial charge in [0.05, 0.1) is 12.2 Å². The molecule has 0 radical (unpaired) electrons. The summed E-state index contributed by atoms with van der Waals surface area (Å²) in [6.07, 6.45) is 8.31. The van der Waals surface area contributed by atoms with Gasteiger partial charge >= 0.3 is 0 Å². The van der Waals surface area contributed by atoms with Gasteiger partial charge in [0, 0.05) is 58.8 Å². The Hall–Kier alpha value is -1.48. The van der Waals surface area contributed by atoms with Crippen LogP contribution >= 0.6 is 0 Å². The summed E-state index contributed by atoms with van der Waals surface area (Å²) < 4.78 is 0.